The molecule has 0 aromatic carbocycles. The summed E-state index contributed by atoms with van der Waals surface area (Å²) in [6.07, 6.45) is 31.7. The Hall–Kier alpha value is 1.65. The second-order valence-electron chi connectivity index (χ2n) is 8.64. The third-order valence-electron chi connectivity index (χ3n) is 5.98. The molecule has 0 nitrogen and oxygen atoms in total. The van der Waals surface area contributed by atoms with E-state index in [-0.39, 0.29) is 19.8 Å². The molecule has 27 heavy (non-hydrogen) atoms. The van der Waals surface area contributed by atoms with E-state index in [9.17, 15) is 0 Å². The molecular formula is C24H53P2Te+. The summed E-state index contributed by atoms with van der Waals surface area (Å²) in [6, 6.07) is 0. The molecule has 0 radical (unpaired) electrons. The molecule has 1 atom stereocenters. The Kier molecular flexibility index (Phi) is 23.7. The van der Waals surface area contributed by atoms with Crippen LogP contribution >= 0.6 is 11.9 Å². The molecule has 0 saturated heterocycles. The van der Waals surface area contributed by atoms with Crippen LogP contribution in [-0.2, 0) is 0 Å². The van der Waals surface area contributed by atoms with Crippen LogP contribution in [0.15, 0.2) is 0 Å². The van der Waals surface area contributed by atoms with Crippen LogP contribution in [0.3, 0.4) is 0 Å². The van der Waals surface area contributed by atoms with E-state index in [4.69, 9.17) is 0 Å². The summed E-state index contributed by atoms with van der Waals surface area (Å²) < 4.78 is 0. The molecule has 0 aromatic rings. The predicted molar refractivity (Wildman–Crippen MR) is 137 cm³/mol. The van der Waals surface area contributed by atoms with Crippen LogP contribution in [-0.4, -0.2) is 38.3 Å². The first-order valence-electron chi connectivity index (χ1n) is 12.5. The zero-order valence-electron chi connectivity index (χ0n) is 19.3. The van der Waals surface area contributed by atoms with Crippen molar-refractivity contribution in [3.05, 3.63) is 0 Å². The zero-order valence-corrected chi connectivity index (χ0v) is 23.7. The van der Waals surface area contributed by atoms with Gasteiger partial charge >= 0.3 is 187 Å². The SMILES string of the molecule is CCCCCCCC[P+](CCCCCCCC)(CCCCCCCC)[Te]P. The molecule has 0 N–H and O–H groups in total. The molecule has 164 valence electrons. The van der Waals surface area contributed by atoms with Gasteiger partial charge in [-0.05, 0) is 0 Å². The van der Waals surface area contributed by atoms with E-state index in [1.165, 1.54) is 96.3 Å². The van der Waals surface area contributed by atoms with E-state index >= 15 is 0 Å². The average molecular weight is 531 g/mol. The molecule has 0 saturated carbocycles. The summed E-state index contributed by atoms with van der Waals surface area (Å²) in [5.74, 6) is 0. The summed E-state index contributed by atoms with van der Waals surface area (Å²) >= 11 is 0.203. The van der Waals surface area contributed by atoms with Crippen molar-refractivity contribution in [3.8, 4) is 0 Å². The Morgan fingerprint density at radius 1 is 0.444 bits per heavy atom. The van der Waals surface area contributed by atoms with Gasteiger partial charge in [0.05, 0.1) is 0 Å². The molecule has 0 rings (SSSR count). The van der Waals surface area contributed by atoms with Crippen molar-refractivity contribution in [2.24, 2.45) is 0 Å². The van der Waals surface area contributed by atoms with Gasteiger partial charge in [-0.25, -0.2) is 0 Å². The van der Waals surface area contributed by atoms with Crippen LogP contribution < -0.4 is 0 Å². The van der Waals surface area contributed by atoms with Crippen molar-refractivity contribution < 1.29 is 0 Å². The maximum atomic E-state index is 3.32. The fourth-order valence-electron chi connectivity index (χ4n) is 4.03. The molecule has 0 bridgehead atoms. The summed E-state index contributed by atoms with van der Waals surface area (Å²) in [5, 5.41) is 0. The minimum atomic E-state index is -0.551. The first-order valence-corrected chi connectivity index (χ1v) is 22.4. The Labute approximate surface area is 185 Å². The van der Waals surface area contributed by atoms with Crippen LogP contribution in [0.4, 0.5) is 0 Å². The Morgan fingerprint density at radius 2 is 0.704 bits per heavy atom. The molecular weight excluding hydrogens is 478 g/mol. The van der Waals surface area contributed by atoms with Gasteiger partial charge in [0.1, 0.15) is 0 Å². The summed E-state index contributed by atoms with van der Waals surface area (Å²) in [6.45, 7) is 10.3. The molecule has 0 fully saturated rings. The molecule has 0 aromatic heterocycles. The topological polar surface area (TPSA) is 0 Å². The van der Waals surface area contributed by atoms with Gasteiger partial charge in [-0.1, -0.05) is 0 Å². The zero-order chi connectivity index (χ0) is 20.1. The van der Waals surface area contributed by atoms with Crippen molar-refractivity contribution in [1.82, 2.24) is 0 Å². The van der Waals surface area contributed by atoms with Gasteiger partial charge in [0.25, 0.3) is 0 Å². The maximum absolute atomic E-state index is 3.32. The number of hydrogen-bond donors (Lipinski definition) is 0. The normalized spacial score (nSPS) is 12.0. The molecule has 1 unspecified atom stereocenters. The molecule has 3 heteroatoms. The van der Waals surface area contributed by atoms with Gasteiger partial charge in [0, 0.05) is 0 Å². The van der Waals surface area contributed by atoms with E-state index in [1.807, 2.05) is 0 Å². The van der Waals surface area contributed by atoms with E-state index in [1.54, 1.807) is 37.7 Å². The van der Waals surface area contributed by atoms with E-state index in [0.717, 1.165) is 0 Å². The fourth-order valence-corrected chi connectivity index (χ4v) is 19.8. The summed E-state index contributed by atoms with van der Waals surface area (Å²) in [7, 11) is 0. The first-order chi connectivity index (χ1) is 13.2. The standard InChI is InChI=1S/C24H53P2Te/c1-4-7-10-13-16-19-22-26(27-25,23-20-17-14-11-8-5-2)24-21-18-15-12-9-6-3/h4-25H2,1-3H3/q+1. The third-order valence-corrected chi connectivity index (χ3v) is 27.3. The molecule has 0 aliphatic carbocycles. The van der Waals surface area contributed by atoms with Crippen LogP contribution in [0.2, 0.25) is 0 Å². The van der Waals surface area contributed by atoms with Crippen LogP contribution in [0.1, 0.15) is 136 Å². The van der Waals surface area contributed by atoms with Gasteiger partial charge in [0.2, 0.25) is 0 Å². The summed E-state index contributed by atoms with van der Waals surface area (Å²) in [5.41, 5.74) is 0. The van der Waals surface area contributed by atoms with E-state index in [0.29, 0.717) is 0 Å². The molecule has 0 amide bonds. The van der Waals surface area contributed by atoms with E-state index < -0.39 is 4.95 Å². The molecule has 0 heterocycles. The second-order valence-corrected chi connectivity index (χ2v) is 25.0. The number of hydrogen-bond acceptors (Lipinski definition) is 0. The van der Waals surface area contributed by atoms with Crippen molar-refractivity contribution in [2.45, 2.75) is 136 Å². The average Bonchev–Trinajstić information content (AvgIpc) is 2.69. The summed E-state index contributed by atoms with van der Waals surface area (Å²) in [4.78, 5) is -0.551. The van der Waals surface area contributed by atoms with Crippen molar-refractivity contribution in [2.75, 3.05) is 18.5 Å². The molecule has 0 aliphatic rings. The van der Waals surface area contributed by atoms with Gasteiger partial charge in [-0.2, -0.15) is 0 Å². The Bertz CT molecular complexity index is 243. The number of unbranched alkanes of at least 4 members (excludes halogenated alkanes) is 15. The van der Waals surface area contributed by atoms with Gasteiger partial charge in [0.15, 0.2) is 0 Å². The Morgan fingerprint density at radius 3 is 0.963 bits per heavy atom. The second kappa shape index (κ2) is 22.3. The Balaban J connectivity index is 4.23. The van der Waals surface area contributed by atoms with Gasteiger partial charge in [-0.15, -0.1) is 0 Å². The van der Waals surface area contributed by atoms with Crippen molar-refractivity contribution in [1.29, 1.82) is 0 Å². The fraction of sp³-hybridized carbons (Fsp3) is 1.00. The minimum absolute atomic E-state index is 0.203. The third kappa shape index (κ3) is 18.2. The number of rotatable bonds is 22. The first kappa shape index (κ1) is 28.6. The quantitative estimate of drug-likeness (QED) is 0.0742. The van der Waals surface area contributed by atoms with Gasteiger partial charge < -0.3 is 0 Å². The monoisotopic (exact) mass is 533 g/mol. The predicted octanol–water partition coefficient (Wildman–Crippen LogP) is 9.49. The molecule has 0 aliphatic heterocycles. The van der Waals surface area contributed by atoms with Gasteiger partial charge in [-0.3, -0.25) is 0 Å². The van der Waals surface area contributed by atoms with Crippen LogP contribution in [0, 0.1) is 0 Å². The molecule has 0 spiro atoms. The van der Waals surface area contributed by atoms with Crippen molar-refractivity contribution >= 4 is 31.7 Å². The van der Waals surface area contributed by atoms with E-state index in [2.05, 4.69) is 27.7 Å². The van der Waals surface area contributed by atoms with Crippen molar-refractivity contribution in [3.63, 3.8) is 0 Å². The van der Waals surface area contributed by atoms with Crippen LogP contribution in [0.5, 0.6) is 0 Å². The van der Waals surface area contributed by atoms with Crippen LogP contribution in [0.25, 0.3) is 0 Å².